The minimum atomic E-state index is -4.68. The van der Waals surface area contributed by atoms with Crippen LogP contribution >= 0.6 is 0 Å². The first-order chi connectivity index (χ1) is 39.8. The summed E-state index contributed by atoms with van der Waals surface area (Å²) in [6.07, 6.45) is -4.68. The Bertz CT molecular complexity index is 4640. The van der Waals surface area contributed by atoms with E-state index in [-0.39, 0.29) is 5.56 Å². The molecule has 6 heterocycles. The predicted molar refractivity (Wildman–Crippen MR) is 314 cm³/mol. The number of alkyl halides is 3. The maximum atomic E-state index is 15.3. The van der Waals surface area contributed by atoms with Gasteiger partial charge in [0, 0.05) is 54.9 Å². The molecule has 0 aliphatic carbocycles. The minimum Gasteiger partial charge on any atom is -0.309 e. The van der Waals surface area contributed by atoms with Gasteiger partial charge >= 0.3 is 6.18 Å². The summed E-state index contributed by atoms with van der Waals surface area (Å²) in [6.45, 7) is 16.3. The van der Waals surface area contributed by atoms with Gasteiger partial charge in [-0.2, -0.15) is 18.4 Å². The van der Waals surface area contributed by atoms with Gasteiger partial charge < -0.3 is 9.13 Å². The maximum Gasteiger partial charge on any atom is 0.417 e. The molecule has 0 aliphatic rings. The van der Waals surface area contributed by atoms with Crippen LogP contribution in [0.15, 0.2) is 127 Å². The molecule has 7 aromatic carbocycles. The van der Waals surface area contributed by atoms with Crippen LogP contribution in [0.4, 0.5) is 13.2 Å². The van der Waals surface area contributed by atoms with Gasteiger partial charge in [0.05, 0.1) is 50.6 Å². The Balaban J connectivity index is 1.14. The SMILES string of the molecule is Cc1nc(C)nc(-c2ccc3c(c2)c2cc(-c4nc(C)nc(C)n4)ccc2n3-c2ccc(-c3c(C)cccc3C(F)(F)F)cc2-c2ccc(C#N)cc2-n2c3ccc(-c4nc(C)nc(C)n4)cc3c3cc(-c4nc(C)nc(C)n4)ccc32)n1. The van der Waals surface area contributed by atoms with E-state index < -0.39 is 11.7 Å². The summed E-state index contributed by atoms with van der Waals surface area (Å²) < 4.78 is 50.1. The van der Waals surface area contributed by atoms with E-state index in [0.717, 1.165) is 71.9 Å². The summed E-state index contributed by atoms with van der Waals surface area (Å²) in [5.74, 6) is 6.63. The summed E-state index contributed by atoms with van der Waals surface area (Å²) in [5, 5.41) is 14.1. The molecule has 0 N–H and O–H groups in total. The van der Waals surface area contributed by atoms with Crippen molar-refractivity contribution in [2.24, 2.45) is 0 Å². The second-order valence-electron chi connectivity index (χ2n) is 20.7. The molecule has 0 fully saturated rings. The zero-order chi connectivity index (χ0) is 57.7. The molecule has 6 aromatic heterocycles. The standard InChI is InChI=1S/C65H48F3N15/c1-32-11-10-12-53(65(66,67)68)60(32)42-14-20-54(82-55-21-15-43(61-74-33(2)70-34(3)75-61)27-49(55)50-28-44(16-22-56(50)82)62-76-35(4)71-36(5)77-62)48(26-42)47-19-13-41(31-69)25-59(47)83-57-23-17-45(63-78-37(6)72-38(7)79-63)29-51(57)52-30-46(18-24-58(52)83)64-80-39(8)73-40(9)81-64/h10-30H,1-9H3. The molecule has 0 saturated carbocycles. The second-order valence-corrected chi connectivity index (χ2v) is 20.7. The van der Waals surface area contributed by atoms with Crippen molar-refractivity contribution in [1.82, 2.24) is 68.9 Å². The molecule has 18 heteroatoms. The Labute approximate surface area is 473 Å². The largest absolute Gasteiger partial charge is 0.417 e. The maximum absolute atomic E-state index is 15.3. The number of fused-ring (bicyclic) bond motifs is 6. The number of aryl methyl sites for hydroxylation is 9. The lowest BCUT2D eigenvalue weighted by Crippen LogP contribution is -2.08. The highest BCUT2D eigenvalue weighted by molar-refractivity contribution is 6.14. The quantitative estimate of drug-likeness (QED) is 0.140. The van der Waals surface area contributed by atoms with Gasteiger partial charge in [-0.1, -0.05) is 24.3 Å². The molecular weight excluding hydrogens is 1050 g/mol. The Kier molecular flexibility index (Phi) is 12.3. The van der Waals surface area contributed by atoms with Crippen LogP contribution < -0.4 is 0 Å². The predicted octanol–water partition coefficient (Wildman–Crippen LogP) is 14.3. The van der Waals surface area contributed by atoms with Gasteiger partial charge in [-0.3, -0.25) is 0 Å². The smallest absolute Gasteiger partial charge is 0.309 e. The van der Waals surface area contributed by atoms with Gasteiger partial charge in [-0.25, -0.2) is 59.8 Å². The summed E-state index contributed by atoms with van der Waals surface area (Å²) in [6, 6.07) is 41.7. The zero-order valence-corrected chi connectivity index (χ0v) is 46.5. The Morgan fingerprint density at radius 2 is 0.723 bits per heavy atom. The summed E-state index contributed by atoms with van der Waals surface area (Å²) in [4.78, 5) is 55.6. The van der Waals surface area contributed by atoms with Crippen molar-refractivity contribution < 1.29 is 13.2 Å². The minimum absolute atomic E-state index is 0.0508. The van der Waals surface area contributed by atoms with Crippen molar-refractivity contribution in [3.63, 3.8) is 0 Å². The fourth-order valence-corrected chi connectivity index (χ4v) is 11.5. The Morgan fingerprint density at radius 1 is 0.361 bits per heavy atom. The number of hydrogen-bond acceptors (Lipinski definition) is 13. The molecule has 13 rings (SSSR count). The molecule has 0 amide bonds. The van der Waals surface area contributed by atoms with Crippen LogP contribution in [-0.4, -0.2) is 68.9 Å². The van der Waals surface area contributed by atoms with Crippen molar-refractivity contribution in [2.45, 2.75) is 68.5 Å². The first-order valence-electron chi connectivity index (χ1n) is 26.7. The lowest BCUT2D eigenvalue weighted by Gasteiger charge is -2.21. The van der Waals surface area contributed by atoms with Crippen molar-refractivity contribution in [2.75, 3.05) is 0 Å². The van der Waals surface area contributed by atoms with E-state index in [4.69, 9.17) is 39.9 Å². The number of rotatable bonds is 8. The van der Waals surface area contributed by atoms with E-state index in [2.05, 4.69) is 47.3 Å². The zero-order valence-electron chi connectivity index (χ0n) is 46.5. The van der Waals surface area contributed by atoms with Gasteiger partial charge in [0.1, 0.15) is 46.6 Å². The molecular formula is C65H48F3N15. The molecule has 13 aromatic rings. The fourth-order valence-electron chi connectivity index (χ4n) is 11.5. The lowest BCUT2D eigenvalue weighted by molar-refractivity contribution is -0.137. The van der Waals surface area contributed by atoms with Crippen molar-refractivity contribution in [1.29, 1.82) is 5.26 Å². The van der Waals surface area contributed by atoms with Crippen LogP contribution in [0.25, 0.3) is 123 Å². The number of aromatic nitrogens is 14. The van der Waals surface area contributed by atoms with Crippen LogP contribution in [0, 0.1) is 73.6 Å². The molecule has 0 saturated heterocycles. The van der Waals surface area contributed by atoms with Crippen LogP contribution in [0.3, 0.4) is 0 Å². The number of hydrogen-bond donors (Lipinski definition) is 0. The number of nitrogens with zero attached hydrogens (tertiary/aromatic N) is 15. The Morgan fingerprint density at radius 3 is 1.08 bits per heavy atom. The monoisotopic (exact) mass is 1100 g/mol. The summed E-state index contributed by atoms with van der Waals surface area (Å²) in [7, 11) is 0. The van der Waals surface area contributed by atoms with E-state index in [0.29, 0.717) is 109 Å². The number of nitriles is 1. The van der Waals surface area contributed by atoms with Gasteiger partial charge in [-0.05, 0) is 182 Å². The average Bonchev–Trinajstić information content (AvgIpc) is 1.95. The number of benzene rings is 7. The van der Waals surface area contributed by atoms with Gasteiger partial charge in [0.25, 0.3) is 0 Å². The van der Waals surface area contributed by atoms with Gasteiger partial charge in [0.2, 0.25) is 0 Å². The van der Waals surface area contributed by atoms with E-state index in [1.165, 1.54) is 6.07 Å². The topological polar surface area (TPSA) is 188 Å². The third kappa shape index (κ3) is 9.21. The molecule has 0 radical (unpaired) electrons. The fraction of sp³-hybridized carbons (Fsp3) is 0.154. The van der Waals surface area contributed by atoms with Crippen LogP contribution in [0.1, 0.15) is 63.3 Å². The van der Waals surface area contributed by atoms with E-state index in [1.807, 2.05) is 140 Å². The summed E-state index contributed by atoms with van der Waals surface area (Å²) in [5.41, 5.74) is 9.00. The van der Waals surface area contributed by atoms with E-state index >= 15 is 13.2 Å². The molecule has 0 bridgehead atoms. The highest BCUT2D eigenvalue weighted by Gasteiger charge is 2.35. The van der Waals surface area contributed by atoms with Crippen LogP contribution in [0.2, 0.25) is 0 Å². The third-order valence-electron chi connectivity index (χ3n) is 14.8. The second kappa shape index (κ2) is 19.6. The molecule has 83 heavy (non-hydrogen) atoms. The number of halogens is 3. The van der Waals surface area contributed by atoms with Crippen LogP contribution in [0.5, 0.6) is 0 Å². The molecule has 15 nitrogen and oxygen atoms in total. The molecule has 0 aliphatic heterocycles. The van der Waals surface area contributed by atoms with Gasteiger partial charge in [-0.15, -0.1) is 0 Å². The first-order valence-corrected chi connectivity index (χ1v) is 26.7. The van der Waals surface area contributed by atoms with E-state index in [9.17, 15) is 5.26 Å². The Hall–Kier alpha value is -10.5. The molecule has 404 valence electrons. The molecule has 0 spiro atoms. The lowest BCUT2D eigenvalue weighted by atomic mass is 9.90. The van der Waals surface area contributed by atoms with Crippen molar-refractivity contribution in [3.05, 3.63) is 191 Å². The third-order valence-corrected chi connectivity index (χ3v) is 14.8. The highest BCUT2D eigenvalue weighted by Crippen LogP contribution is 2.46. The molecule has 0 unspecified atom stereocenters. The average molecular weight is 1100 g/mol. The summed E-state index contributed by atoms with van der Waals surface area (Å²) >= 11 is 0. The molecule has 0 atom stereocenters. The van der Waals surface area contributed by atoms with Crippen LogP contribution in [-0.2, 0) is 6.18 Å². The first kappa shape index (κ1) is 51.9. The van der Waals surface area contributed by atoms with Gasteiger partial charge in [0.15, 0.2) is 23.3 Å². The van der Waals surface area contributed by atoms with Crippen molar-refractivity contribution in [3.8, 4) is 85.2 Å². The normalized spacial score (nSPS) is 11.8. The van der Waals surface area contributed by atoms with Crippen molar-refractivity contribution >= 4 is 43.6 Å². The highest BCUT2D eigenvalue weighted by atomic mass is 19.4. The van der Waals surface area contributed by atoms with E-state index in [1.54, 1.807) is 25.1 Å².